The highest BCUT2D eigenvalue weighted by molar-refractivity contribution is 7.19. The highest BCUT2D eigenvalue weighted by Crippen LogP contribution is 2.41. The van der Waals surface area contributed by atoms with E-state index in [1.54, 1.807) is 23.9 Å². The average molecular weight is 448 g/mol. The molecule has 0 aliphatic heterocycles. The Kier molecular flexibility index (Phi) is 5.58. The molecule has 0 aliphatic carbocycles. The Morgan fingerprint density at radius 2 is 1.86 bits per heavy atom. The van der Waals surface area contributed by atoms with Gasteiger partial charge in [0.1, 0.15) is 11.6 Å². The lowest BCUT2D eigenvalue weighted by molar-refractivity contribution is 0.340. The molecule has 8 heteroatoms. The predicted octanol–water partition coefficient (Wildman–Crippen LogP) is 6.72. The zero-order chi connectivity index (χ0) is 20.5. The van der Waals surface area contributed by atoms with E-state index in [0.717, 1.165) is 21.1 Å². The van der Waals surface area contributed by atoms with Gasteiger partial charge < -0.3 is 4.74 Å². The number of thiophene rings is 1. The van der Waals surface area contributed by atoms with Crippen LogP contribution in [0.15, 0.2) is 48.5 Å². The summed E-state index contributed by atoms with van der Waals surface area (Å²) in [7, 11) is 1.74. The molecule has 0 amide bonds. The Hall–Kier alpha value is -2.41. The fourth-order valence-corrected chi connectivity index (χ4v) is 4.64. The van der Waals surface area contributed by atoms with Crippen molar-refractivity contribution in [3.05, 3.63) is 64.4 Å². The van der Waals surface area contributed by atoms with Crippen molar-refractivity contribution in [3.8, 4) is 38.3 Å². The summed E-state index contributed by atoms with van der Waals surface area (Å²) in [5.74, 6) is 1.12. The zero-order valence-corrected chi connectivity index (χ0v) is 17.9. The van der Waals surface area contributed by atoms with Gasteiger partial charge in [-0.25, -0.2) is 14.1 Å². The standard InChI is InChI=1S/C21H16Cl2FN3OS/c1-3-28-13-9-7-12(8-10-13)17-11-15(23)19(29-17)21-25-20(26-27(21)2)18-14(22)5-4-6-16(18)24/h4-11H,3H2,1-2H3. The lowest BCUT2D eigenvalue weighted by Gasteiger charge is -2.03. The molecular formula is C21H16Cl2FN3OS. The van der Waals surface area contributed by atoms with Gasteiger partial charge in [-0.3, -0.25) is 0 Å². The minimum Gasteiger partial charge on any atom is -0.494 e. The number of rotatable bonds is 5. The predicted molar refractivity (Wildman–Crippen MR) is 116 cm³/mol. The van der Waals surface area contributed by atoms with Crippen LogP contribution in [0.4, 0.5) is 4.39 Å². The molecular weight excluding hydrogens is 432 g/mol. The van der Waals surface area contributed by atoms with Crippen LogP contribution in [0, 0.1) is 5.82 Å². The maximum Gasteiger partial charge on any atom is 0.186 e. The highest BCUT2D eigenvalue weighted by atomic mass is 35.5. The van der Waals surface area contributed by atoms with E-state index in [4.69, 9.17) is 27.9 Å². The Bertz CT molecular complexity index is 1150. The lowest BCUT2D eigenvalue weighted by atomic mass is 10.2. The molecule has 0 unspecified atom stereocenters. The minimum absolute atomic E-state index is 0.176. The second-order valence-electron chi connectivity index (χ2n) is 6.22. The van der Waals surface area contributed by atoms with E-state index in [0.29, 0.717) is 17.5 Å². The topological polar surface area (TPSA) is 39.9 Å². The number of hydrogen-bond acceptors (Lipinski definition) is 4. The fraction of sp³-hybridized carbons (Fsp3) is 0.143. The first-order valence-corrected chi connectivity index (χ1v) is 10.4. The maximum absolute atomic E-state index is 14.3. The molecule has 4 rings (SSSR count). The number of hydrogen-bond donors (Lipinski definition) is 0. The molecule has 0 atom stereocenters. The monoisotopic (exact) mass is 447 g/mol. The van der Waals surface area contributed by atoms with Gasteiger partial charge in [-0.1, -0.05) is 29.3 Å². The van der Waals surface area contributed by atoms with Gasteiger partial charge in [-0.15, -0.1) is 11.3 Å². The van der Waals surface area contributed by atoms with Crippen LogP contribution in [-0.4, -0.2) is 21.4 Å². The molecule has 0 N–H and O–H groups in total. The molecule has 4 nitrogen and oxygen atoms in total. The fourth-order valence-electron chi connectivity index (χ4n) is 2.95. The number of nitrogens with zero attached hydrogens (tertiary/aromatic N) is 3. The van der Waals surface area contributed by atoms with E-state index in [1.807, 2.05) is 37.3 Å². The van der Waals surface area contributed by atoms with Crippen LogP contribution in [0.2, 0.25) is 10.0 Å². The Morgan fingerprint density at radius 1 is 1.10 bits per heavy atom. The molecule has 2 aromatic carbocycles. The first-order valence-electron chi connectivity index (χ1n) is 8.86. The van der Waals surface area contributed by atoms with Crippen molar-refractivity contribution >= 4 is 34.5 Å². The summed E-state index contributed by atoms with van der Waals surface area (Å²) in [6.07, 6.45) is 0. The second kappa shape index (κ2) is 8.14. The summed E-state index contributed by atoms with van der Waals surface area (Å²) in [4.78, 5) is 6.25. The summed E-state index contributed by atoms with van der Waals surface area (Å²) < 4.78 is 21.3. The van der Waals surface area contributed by atoms with Crippen molar-refractivity contribution in [2.75, 3.05) is 6.61 Å². The number of benzene rings is 2. The third-order valence-corrected chi connectivity index (χ3v) is 6.19. The van der Waals surface area contributed by atoms with Crippen LogP contribution < -0.4 is 4.74 Å². The van der Waals surface area contributed by atoms with Crippen LogP contribution in [-0.2, 0) is 7.05 Å². The van der Waals surface area contributed by atoms with Crippen molar-refractivity contribution in [2.45, 2.75) is 6.92 Å². The van der Waals surface area contributed by atoms with Gasteiger partial charge in [0, 0.05) is 11.9 Å². The van der Waals surface area contributed by atoms with Crippen LogP contribution >= 0.6 is 34.5 Å². The molecule has 4 aromatic rings. The smallest absolute Gasteiger partial charge is 0.186 e. The summed E-state index contributed by atoms with van der Waals surface area (Å²) in [5, 5.41) is 5.16. The van der Waals surface area contributed by atoms with E-state index in [-0.39, 0.29) is 16.4 Å². The number of ether oxygens (including phenoxy) is 1. The van der Waals surface area contributed by atoms with E-state index in [2.05, 4.69) is 10.1 Å². The Balaban J connectivity index is 1.72. The van der Waals surface area contributed by atoms with Crippen molar-refractivity contribution in [1.29, 1.82) is 0 Å². The summed E-state index contributed by atoms with van der Waals surface area (Å²) in [6, 6.07) is 14.2. The van der Waals surface area contributed by atoms with Crippen LogP contribution in [0.25, 0.3) is 32.5 Å². The molecule has 0 aliphatic rings. The van der Waals surface area contributed by atoms with Gasteiger partial charge in [-0.2, -0.15) is 5.10 Å². The number of aromatic nitrogens is 3. The third kappa shape index (κ3) is 3.88. The van der Waals surface area contributed by atoms with Crippen molar-refractivity contribution in [3.63, 3.8) is 0 Å². The molecule has 0 fully saturated rings. The number of halogens is 3. The third-order valence-electron chi connectivity index (χ3n) is 4.29. The van der Waals surface area contributed by atoms with Crippen molar-refractivity contribution in [2.24, 2.45) is 7.05 Å². The van der Waals surface area contributed by atoms with E-state index < -0.39 is 5.82 Å². The molecule has 0 saturated heterocycles. The van der Waals surface area contributed by atoms with E-state index in [1.165, 1.54) is 17.4 Å². The molecule has 29 heavy (non-hydrogen) atoms. The van der Waals surface area contributed by atoms with Crippen molar-refractivity contribution in [1.82, 2.24) is 14.8 Å². The van der Waals surface area contributed by atoms with Gasteiger partial charge in [0.15, 0.2) is 11.6 Å². The van der Waals surface area contributed by atoms with Gasteiger partial charge in [-0.05, 0) is 55.0 Å². The van der Waals surface area contributed by atoms with Gasteiger partial charge in [0.25, 0.3) is 0 Å². The number of aryl methyl sites for hydroxylation is 1. The average Bonchev–Trinajstić information content (AvgIpc) is 3.25. The molecule has 0 spiro atoms. The summed E-state index contributed by atoms with van der Waals surface area (Å²) in [6.45, 7) is 2.57. The molecule has 0 bridgehead atoms. The molecule has 2 heterocycles. The Morgan fingerprint density at radius 3 is 2.55 bits per heavy atom. The van der Waals surface area contributed by atoms with Crippen LogP contribution in [0.3, 0.4) is 0 Å². The first kappa shape index (κ1) is 19.9. The SMILES string of the molecule is CCOc1ccc(-c2cc(Cl)c(-c3nc(-c4c(F)cccc4Cl)nn3C)s2)cc1. The van der Waals surface area contributed by atoms with Gasteiger partial charge in [0.05, 0.1) is 27.1 Å². The quantitative estimate of drug-likeness (QED) is 0.340. The molecule has 0 saturated carbocycles. The first-order chi connectivity index (χ1) is 14.0. The van der Waals surface area contributed by atoms with Crippen LogP contribution in [0.1, 0.15) is 6.92 Å². The summed E-state index contributed by atoms with van der Waals surface area (Å²) >= 11 is 14.2. The lowest BCUT2D eigenvalue weighted by Crippen LogP contribution is -1.93. The molecule has 2 aromatic heterocycles. The van der Waals surface area contributed by atoms with Gasteiger partial charge >= 0.3 is 0 Å². The summed E-state index contributed by atoms with van der Waals surface area (Å²) in [5.41, 5.74) is 1.20. The normalized spacial score (nSPS) is 11.1. The highest BCUT2D eigenvalue weighted by Gasteiger charge is 2.20. The Labute approximate surface area is 181 Å². The molecule has 0 radical (unpaired) electrons. The van der Waals surface area contributed by atoms with Crippen molar-refractivity contribution < 1.29 is 9.13 Å². The largest absolute Gasteiger partial charge is 0.494 e. The minimum atomic E-state index is -0.470. The van der Waals surface area contributed by atoms with E-state index in [9.17, 15) is 4.39 Å². The van der Waals surface area contributed by atoms with Crippen LogP contribution in [0.5, 0.6) is 5.75 Å². The molecule has 148 valence electrons. The van der Waals surface area contributed by atoms with E-state index >= 15 is 0 Å². The van der Waals surface area contributed by atoms with Gasteiger partial charge in [0.2, 0.25) is 0 Å². The second-order valence-corrected chi connectivity index (χ2v) is 8.09. The zero-order valence-electron chi connectivity index (χ0n) is 15.6. The maximum atomic E-state index is 14.3.